The van der Waals surface area contributed by atoms with Gasteiger partial charge in [-0.2, -0.15) is 0 Å². The molecule has 0 aromatic heterocycles. The molecule has 0 spiro atoms. The Balaban J connectivity index is 1.76. The molecular weight excluding hydrogens is 438 g/mol. The molecule has 1 fully saturated rings. The number of carbonyl (C=O) groups is 1. The fraction of sp³-hybridized carbons (Fsp3) is 0.435. The molecule has 2 aromatic carbocycles. The molecule has 2 aliphatic rings. The van der Waals surface area contributed by atoms with E-state index in [4.69, 9.17) is 4.74 Å². The van der Waals surface area contributed by atoms with E-state index >= 15 is 8.78 Å². The summed E-state index contributed by atoms with van der Waals surface area (Å²) < 4.78 is 61.7. The summed E-state index contributed by atoms with van der Waals surface area (Å²) in [4.78, 5) is 14.2. The number of hydrogen-bond donors (Lipinski definition) is 1. The fourth-order valence-corrected chi connectivity index (χ4v) is 5.40. The summed E-state index contributed by atoms with van der Waals surface area (Å²) in [6.07, 6.45) is 0.872. The molecule has 172 valence electrons. The van der Waals surface area contributed by atoms with Crippen LogP contribution < -0.4 is 4.72 Å². The van der Waals surface area contributed by atoms with Gasteiger partial charge in [0, 0.05) is 24.6 Å². The van der Waals surface area contributed by atoms with E-state index in [0.29, 0.717) is 30.5 Å². The third-order valence-electron chi connectivity index (χ3n) is 6.01. The average Bonchev–Trinajstić information content (AvgIpc) is 3.11. The molecule has 0 saturated carbocycles. The summed E-state index contributed by atoms with van der Waals surface area (Å²) in [6.45, 7) is 0.199. The van der Waals surface area contributed by atoms with Gasteiger partial charge in [0.15, 0.2) is 0 Å². The molecule has 0 aliphatic carbocycles. The summed E-state index contributed by atoms with van der Waals surface area (Å²) in [5.74, 6) is -3.07. The smallest absolute Gasteiger partial charge is 0.410 e. The number of cyclic esters (lactones) is 1. The molecule has 2 atom stereocenters. The third-order valence-corrected chi connectivity index (χ3v) is 6.74. The van der Waals surface area contributed by atoms with E-state index in [-0.39, 0.29) is 18.6 Å². The first-order chi connectivity index (χ1) is 15.1. The molecule has 2 heterocycles. The first-order valence-electron chi connectivity index (χ1n) is 10.6. The number of hydrogen-bond acceptors (Lipinski definition) is 4. The zero-order chi connectivity index (χ0) is 22.9. The highest BCUT2D eigenvalue weighted by Gasteiger charge is 2.40. The molecule has 1 saturated heterocycles. The van der Waals surface area contributed by atoms with Crippen molar-refractivity contribution >= 4 is 16.1 Å². The van der Waals surface area contributed by atoms with Crippen molar-refractivity contribution in [3.63, 3.8) is 0 Å². The van der Waals surface area contributed by atoms with Crippen molar-refractivity contribution in [3.05, 3.63) is 59.7 Å². The monoisotopic (exact) mass is 464 g/mol. The van der Waals surface area contributed by atoms with Gasteiger partial charge in [0.25, 0.3) is 5.92 Å². The van der Waals surface area contributed by atoms with Crippen LogP contribution in [0.3, 0.4) is 0 Å². The zero-order valence-electron chi connectivity index (χ0n) is 17.8. The van der Waals surface area contributed by atoms with Gasteiger partial charge in [0.05, 0.1) is 18.9 Å². The van der Waals surface area contributed by atoms with Crippen LogP contribution in [0.4, 0.5) is 13.6 Å². The van der Waals surface area contributed by atoms with Crippen LogP contribution in [-0.4, -0.2) is 50.9 Å². The average molecular weight is 465 g/mol. The standard InChI is InChI=1S/C23H26F2N2O4S/c1-32(29,30)26-20-10-12-27-21(20)15-16-6-4-7-17(14-16)18-8-2-3-9-19(18)23(24,25)11-5-13-31-22(27)28/h2-4,6-9,14,20-21,26H,5,10-13,15H2,1H3. The van der Waals surface area contributed by atoms with Crippen molar-refractivity contribution in [1.82, 2.24) is 9.62 Å². The second-order valence-corrected chi connectivity index (χ2v) is 10.2. The molecule has 2 aliphatic heterocycles. The maximum atomic E-state index is 15.0. The van der Waals surface area contributed by atoms with Gasteiger partial charge >= 0.3 is 6.09 Å². The minimum absolute atomic E-state index is 0.0106. The van der Waals surface area contributed by atoms with Crippen molar-refractivity contribution in [3.8, 4) is 11.1 Å². The van der Waals surface area contributed by atoms with E-state index < -0.39 is 40.5 Å². The molecule has 1 amide bonds. The van der Waals surface area contributed by atoms with Gasteiger partial charge in [-0.15, -0.1) is 0 Å². The Morgan fingerprint density at radius 2 is 1.94 bits per heavy atom. The summed E-state index contributed by atoms with van der Waals surface area (Å²) in [6, 6.07) is 12.8. The highest BCUT2D eigenvalue weighted by molar-refractivity contribution is 7.88. The van der Waals surface area contributed by atoms with Gasteiger partial charge in [0.1, 0.15) is 0 Å². The van der Waals surface area contributed by atoms with Crippen LogP contribution in [0, 0.1) is 0 Å². The van der Waals surface area contributed by atoms with Gasteiger partial charge in [-0.3, -0.25) is 0 Å². The van der Waals surface area contributed by atoms with Crippen molar-refractivity contribution in [1.29, 1.82) is 0 Å². The van der Waals surface area contributed by atoms with Crippen LogP contribution in [0.15, 0.2) is 48.5 Å². The normalized spacial score (nSPS) is 23.6. The van der Waals surface area contributed by atoms with Gasteiger partial charge in [-0.1, -0.05) is 48.5 Å². The molecule has 2 aromatic rings. The highest BCUT2D eigenvalue weighted by Crippen LogP contribution is 2.39. The summed E-state index contributed by atoms with van der Waals surface area (Å²) in [5.41, 5.74) is 1.89. The zero-order valence-corrected chi connectivity index (χ0v) is 18.6. The van der Waals surface area contributed by atoms with Crippen LogP contribution in [0.25, 0.3) is 11.1 Å². The van der Waals surface area contributed by atoms with Gasteiger partial charge in [0.2, 0.25) is 10.0 Å². The number of alkyl halides is 2. The van der Waals surface area contributed by atoms with Crippen LogP contribution in [0.5, 0.6) is 0 Å². The number of halogens is 2. The third kappa shape index (κ3) is 4.94. The first-order valence-corrected chi connectivity index (χ1v) is 12.5. The van der Waals surface area contributed by atoms with E-state index in [1.807, 2.05) is 12.1 Å². The molecular formula is C23H26F2N2O4S. The minimum Gasteiger partial charge on any atom is -0.449 e. The topological polar surface area (TPSA) is 75.7 Å². The lowest BCUT2D eigenvalue weighted by Crippen LogP contribution is -2.47. The Kier molecular flexibility index (Phi) is 6.22. The molecule has 9 heteroatoms. The molecule has 1 N–H and O–H groups in total. The van der Waals surface area contributed by atoms with E-state index in [1.54, 1.807) is 30.3 Å². The SMILES string of the molecule is CS(=O)(=O)NC1CCN2C(=O)OCCCC(F)(F)c3ccccc3-c3cccc(c3)CC12. The number of rotatable bonds is 2. The highest BCUT2D eigenvalue weighted by atomic mass is 32.2. The number of sulfonamides is 1. The summed E-state index contributed by atoms with van der Waals surface area (Å²) >= 11 is 0. The number of carbonyl (C=O) groups excluding carboxylic acids is 1. The summed E-state index contributed by atoms with van der Waals surface area (Å²) in [7, 11) is -3.47. The predicted molar refractivity (Wildman–Crippen MR) is 117 cm³/mol. The fourth-order valence-electron chi connectivity index (χ4n) is 4.58. The van der Waals surface area contributed by atoms with Crippen molar-refractivity contribution in [2.24, 2.45) is 0 Å². The van der Waals surface area contributed by atoms with Crippen LogP contribution in [-0.2, 0) is 27.1 Å². The van der Waals surface area contributed by atoms with E-state index in [9.17, 15) is 13.2 Å². The Labute approximate surface area is 186 Å². The van der Waals surface area contributed by atoms with Crippen molar-refractivity contribution in [2.45, 2.75) is 43.7 Å². The van der Waals surface area contributed by atoms with Gasteiger partial charge in [-0.05, 0) is 36.0 Å². The Hall–Kier alpha value is -2.52. The number of nitrogens with one attached hydrogen (secondary N) is 1. The van der Waals surface area contributed by atoms with E-state index in [1.165, 1.54) is 11.0 Å². The van der Waals surface area contributed by atoms with Crippen molar-refractivity contribution in [2.75, 3.05) is 19.4 Å². The lowest BCUT2D eigenvalue weighted by Gasteiger charge is -2.28. The molecule has 0 radical (unpaired) electrons. The van der Waals surface area contributed by atoms with Gasteiger partial charge in [-0.25, -0.2) is 26.7 Å². The second-order valence-electron chi connectivity index (χ2n) is 8.42. The molecule has 4 rings (SSSR count). The number of benzene rings is 2. The Bertz CT molecular complexity index is 1110. The first kappa shape index (κ1) is 22.7. The van der Waals surface area contributed by atoms with Gasteiger partial charge < -0.3 is 9.64 Å². The number of fused-ring (bicyclic) bond motifs is 5. The molecule has 32 heavy (non-hydrogen) atoms. The predicted octanol–water partition coefficient (Wildman–Crippen LogP) is 3.91. The van der Waals surface area contributed by atoms with E-state index in [0.717, 1.165) is 11.8 Å². The minimum atomic E-state index is -3.47. The Morgan fingerprint density at radius 1 is 1.16 bits per heavy atom. The van der Waals surface area contributed by atoms with E-state index in [2.05, 4.69) is 4.72 Å². The maximum Gasteiger partial charge on any atom is 0.410 e. The van der Waals surface area contributed by atoms with Crippen LogP contribution in [0.1, 0.15) is 30.4 Å². The molecule has 6 nitrogen and oxygen atoms in total. The number of ether oxygens (including phenoxy) is 1. The summed E-state index contributed by atoms with van der Waals surface area (Å²) in [5, 5.41) is 0. The lowest BCUT2D eigenvalue weighted by molar-refractivity contribution is -0.0201. The number of nitrogens with zero attached hydrogens (tertiary/aromatic N) is 1. The Morgan fingerprint density at radius 3 is 2.72 bits per heavy atom. The maximum absolute atomic E-state index is 15.0. The second kappa shape index (κ2) is 8.78. The van der Waals surface area contributed by atoms with Crippen LogP contribution in [0.2, 0.25) is 0 Å². The largest absolute Gasteiger partial charge is 0.449 e. The molecule has 2 bridgehead atoms. The van der Waals surface area contributed by atoms with Crippen molar-refractivity contribution < 1.29 is 26.7 Å². The quantitative estimate of drug-likeness (QED) is 0.731. The van der Waals surface area contributed by atoms with Crippen LogP contribution >= 0.6 is 0 Å². The lowest BCUT2D eigenvalue weighted by atomic mass is 9.91. The number of amides is 1. The molecule has 2 unspecified atom stereocenters.